The number of hydrogen-bond acceptors (Lipinski definition) is 9. The Morgan fingerprint density at radius 3 is 2.53 bits per heavy atom. The summed E-state index contributed by atoms with van der Waals surface area (Å²) in [6.07, 6.45) is 0.103. The molecule has 166 valence electrons. The van der Waals surface area contributed by atoms with Crippen LogP contribution in [-0.4, -0.2) is 66.2 Å². The average Bonchev–Trinajstić information content (AvgIpc) is 2.65. The zero-order valence-electron chi connectivity index (χ0n) is 17.1. The van der Waals surface area contributed by atoms with E-state index in [0.29, 0.717) is 5.75 Å². The van der Waals surface area contributed by atoms with E-state index in [4.69, 9.17) is 9.47 Å². The van der Waals surface area contributed by atoms with Crippen molar-refractivity contribution in [3.05, 3.63) is 12.2 Å². The summed E-state index contributed by atoms with van der Waals surface area (Å²) >= 11 is 0.930. The molecule has 0 aliphatic carbocycles. The second-order valence-corrected chi connectivity index (χ2v) is 8.34. The van der Waals surface area contributed by atoms with Crippen molar-refractivity contribution in [2.24, 2.45) is 5.41 Å². The van der Waals surface area contributed by atoms with Crippen LogP contribution in [0, 0.1) is 5.41 Å². The first-order valence-corrected chi connectivity index (χ1v) is 10.2. The van der Waals surface area contributed by atoms with Gasteiger partial charge in [-0.1, -0.05) is 25.6 Å². The van der Waals surface area contributed by atoms with Gasteiger partial charge in [-0.2, -0.15) is 0 Å². The minimum Gasteiger partial charge on any atom is -0.462 e. The van der Waals surface area contributed by atoms with Crippen LogP contribution in [0.15, 0.2) is 12.2 Å². The quantitative estimate of drug-likeness (QED) is 0.452. The maximum Gasteiger partial charge on any atom is 0.330 e. The fraction of sp³-hybridized carbons (Fsp3) is 0.579. The van der Waals surface area contributed by atoms with E-state index in [1.54, 1.807) is 0 Å². The zero-order valence-corrected chi connectivity index (χ0v) is 18.0. The van der Waals surface area contributed by atoms with Crippen molar-refractivity contribution in [3.63, 3.8) is 0 Å². The van der Waals surface area contributed by atoms with Gasteiger partial charge in [0.15, 0.2) is 6.10 Å². The third-order valence-electron chi connectivity index (χ3n) is 3.85. The van der Waals surface area contributed by atoms with E-state index in [1.165, 1.54) is 20.8 Å². The van der Waals surface area contributed by atoms with Gasteiger partial charge in [-0.25, -0.2) is 4.79 Å². The highest BCUT2D eigenvalue weighted by molar-refractivity contribution is 8.14. The number of ketones is 1. The Labute approximate surface area is 178 Å². The number of ether oxygens (including phenoxy) is 2. The summed E-state index contributed by atoms with van der Waals surface area (Å²) in [5.41, 5.74) is -1.16. The predicted octanol–water partition coefficient (Wildman–Crippen LogP) is -0.101. The highest BCUT2D eigenvalue weighted by Crippen LogP contribution is 2.25. The third-order valence-corrected chi connectivity index (χ3v) is 4.68. The Hall–Kier alpha value is -2.69. The summed E-state index contributed by atoms with van der Waals surface area (Å²) in [5.74, 6) is -2.83. The number of rotatable bonds is 3. The van der Waals surface area contributed by atoms with E-state index in [2.05, 4.69) is 10.6 Å². The van der Waals surface area contributed by atoms with Crippen molar-refractivity contribution in [1.82, 2.24) is 10.6 Å². The zero-order chi connectivity index (χ0) is 22.7. The first-order chi connectivity index (χ1) is 14.0. The van der Waals surface area contributed by atoms with Crippen LogP contribution in [-0.2, 0) is 38.2 Å². The van der Waals surface area contributed by atoms with Gasteiger partial charge < -0.3 is 20.1 Å². The minimum atomic E-state index is -1.38. The highest BCUT2D eigenvalue weighted by atomic mass is 32.2. The highest BCUT2D eigenvalue weighted by Gasteiger charge is 2.40. The summed E-state index contributed by atoms with van der Waals surface area (Å²) in [6.45, 7) is 4.20. The Morgan fingerprint density at radius 1 is 1.17 bits per heavy atom. The number of amides is 2. The van der Waals surface area contributed by atoms with Crippen molar-refractivity contribution in [3.8, 4) is 0 Å². The van der Waals surface area contributed by atoms with Crippen molar-refractivity contribution in [2.45, 2.75) is 39.7 Å². The van der Waals surface area contributed by atoms with Gasteiger partial charge in [0.2, 0.25) is 11.0 Å². The molecular weight excluding hydrogens is 416 g/mol. The SMILES string of the molecule is CC(=O)CC(=O)O[C@H]1C(=O)NCCC(=O)NCCSC(=O)/C=C/C(=O)OCC1(C)C. The fourth-order valence-corrected chi connectivity index (χ4v) is 2.90. The van der Waals surface area contributed by atoms with E-state index in [1.807, 2.05) is 0 Å². The second kappa shape index (κ2) is 12.1. The average molecular weight is 442 g/mol. The molecule has 0 saturated carbocycles. The molecule has 0 saturated heterocycles. The molecule has 30 heavy (non-hydrogen) atoms. The Bertz CT molecular complexity index is 732. The summed E-state index contributed by atoms with van der Waals surface area (Å²) in [5, 5.41) is 4.74. The third kappa shape index (κ3) is 9.68. The molecule has 0 aromatic rings. The summed E-state index contributed by atoms with van der Waals surface area (Å²) in [4.78, 5) is 71.1. The van der Waals surface area contributed by atoms with Crippen LogP contribution < -0.4 is 10.6 Å². The molecule has 1 atom stereocenters. The van der Waals surface area contributed by atoms with Crippen molar-refractivity contribution in [2.75, 3.05) is 25.4 Å². The summed E-state index contributed by atoms with van der Waals surface area (Å²) in [6, 6.07) is 0. The normalized spacial score (nSPS) is 22.7. The molecule has 0 aromatic carbocycles. The Kier molecular flexibility index (Phi) is 10.2. The van der Waals surface area contributed by atoms with Gasteiger partial charge in [0, 0.05) is 36.8 Å². The maximum atomic E-state index is 12.6. The number of carbonyl (C=O) groups is 6. The van der Waals surface area contributed by atoms with E-state index in [-0.39, 0.29) is 37.1 Å². The smallest absolute Gasteiger partial charge is 0.330 e. The molecule has 1 heterocycles. The number of Topliss-reactive ketones (excluding diaryl/α,β-unsaturated/α-hetero) is 1. The molecule has 10 nitrogen and oxygen atoms in total. The van der Waals surface area contributed by atoms with E-state index in [9.17, 15) is 28.8 Å². The van der Waals surface area contributed by atoms with E-state index >= 15 is 0 Å². The van der Waals surface area contributed by atoms with Crippen molar-refractivity contribution in [1.29, 1.82) is 0 Å². The lowest BCUT2D eigenvalue weighted by Gasteiger charge is -2.32. The fourth-order valence-electron chi connectivity index (χ4n) is 2.33. The number of esters is 2. The number of carbonyl (C=O) groups excluding carboxylic acids is 6. The van der Waals surface area contributed by atoms with Crippen LogP contribution in [0.1, 0.15) is 33.6 Å². The molecule has 2 N–H and O–H groups in total. The molecule has 1 rings (SSSR count). The Balaban J connectivity index is 3.00. The number of nitrogens with one attached hydrogen (secondary N) is 2. The van der Waals surface area contributed by atoms with Crippen LogP contribution in [0.3, 0.4) is 0 Å². The molecule has 0 radical (unpaired) electrons. The standard InChI is InChI=1S/C19H26N2O8S/c1-12(22)10-15(25)29-17-18(27)21-7-6-13(23)20-8-9-30-16(26)5-4-14(24)28-11-19(17,2)3/h4-5,17H,6-11H2,1-3H3,(H,20,23)(H,21,27)/b5-4+/t17-/m0/s1. The number of thioether (sulfide) groups is 1. The first kappa shape index (κ1) is 25.3. The van der Waals surface area contributed by atoms with Gasteiger partial charge in [-0.15, -0.1) is 0 Å². The predicted molar refractivity (Wildman–Crippen MR) is 107 cm³/mol. The van der Waals surface area contributed by atoms with Crippen LogP contribution in [0.2, 0.25) is 0 Å². The molecular formula is C19H26N2O8S. The van der Waals surface area contributed by atoms with Gasteiger partial charge in [0.1, 0.15) is 18.8 Å². The van der Waals surface area contributed by atoms with Crippen molar-refractivity contribution >= 4 is 46.4 Å². The lowest BCUT2D eigenvalue weighted by Crippen LogP contribution is -2.49. The van der Waals surface area contributed by atoms with Gasteiger partial charge in [0.25, 0.3) is 5.91 Å². The number of cyclic esters (lactones) is 1. The van der Waals surface area contributed by atoms with Crippen LogP contribution >= 0.6 is 11.8 Å². The van der Waals surface area contributed by atoms with E-state index < -0.39 is 41.6 Å². The van der Waals surface area contributed by atoms with Crippen molar-refractivity contribution < 1.29 is 38.2 Å². The largest absolute Gasteiger partial charge is 0.462 e. The van der Waals surface area contributed by atoms with Crippen LogP contribution in [0.4, 0.5) is 0 Å². The monoisotopic (exact) mass is 442 g/mol. The number of hydrogen-bond donors (Lipinski definition) is 2. The molecule has 11 heteroatoms. The van der Waals surface area contributed by atoms with Gasteiger partial charge >= 0.3 is 11.9 Å². The molecule has 0 aromatic heterocycles. The van der Waals surface area contributed by atoms with E-state index in [0.717, 1.165) is 23.9 Å². The molecule has 0 bridgehead atoms. The lowest BCUT2D eigenvalue weighted by atomic mass is 9.86. The Morgan fingerprint density at radius 2 is 1.87 bits per heavy atom. The molecule has 0 unspecified atom stereocenters. The minimum absolute atomic E-state index is 0.0189. The van der Waals surface area contributed by atoms with Gasteiger partial charge in [-0.3, -0.25) is 24.0 Å². The lowest BCUT2D eigenvalue weighted by molar-refractivity contribution is -0.168. The molecule has 2 amide bonds. The summed E-state index contributed by atoms with van der Waals surface area (Å²) < 4.78 is 10.3. The molecule has 0 fully saturated rings. The summed E-state index contributed by atoms with van der Waals surface area (Å²) in [7, 11) is 0. The topological polar surface area (TPSA) is 145 Å². The molecule has 1 aliphatic rings. The van der Waals surface area contributed by atoms with Gasteiger partial charge in [0.05, 0.1) is 0 Å². The molecule has 1 aliphatic heterocycles. The van der Waals surface area contributed by atoms with Crippen LogP contribution in [0.25, 0.3) is 0 Å². The second-order valence-electron chi connectivity index (χ2n) is 7.24. The molecule has 0 spiro atoms. The maximum absolute atomic E-state index is 12.6. The van der Waals surface area contributed by atoms with Gasteiger partial charge in [-0.05, 0) is 13.0 Å². The van der Waals surface area contributed by atoms with Crippen LogP contribution in [0.5, 0.6) is 0 Å². The first-order valence-electron chi connectivity index (χ1n) is 9.26.